The zero-order valence-electron chi connectivity index (χ0n) is 11.5. The lowest BCUT2D eigenvalue weighted by Crippen LogP contribution is -2.41. The fourth-order valence-electron chi connectivity index (χ4n) is 2.74. The number of halogens is 1. The highest BCUT2D eigenvalue weighted by Crippen LogP contribution is 2.24. The van der Waals surface area contributed by atoms with E-state index in [4.69, 9.17) is 11.6 Å². The molecule has 0 aromatic carbocycles. The first-order valence-electron chi connectivity index (χ1n) is 6.92. The molecule has 3 rings (SSSR count). The Labute approximate surface area is 127 Å². The molecule has 5 nitrogen and oxygen atoms in total. The molecule has 1 atom stereocenters. The fraction of sp³-hybridized carbons (Fsp3) is 0.615. The van der Waals surface area contributed by atoms with Crippen molar-refractivity contribution in [3.8, 4) is 0 Å². The molecule has 3 heterocycles. The number of aryl methyl sites for hydroxylation is 1. The molecule has 0 radical (unpaired) electrons. The van der Waals surface area contributed by atoms with Crippen molar-refractivity contribution in [1.82, 2.24) is 24.3 Å². The van der Waals surface area contributed by atoms with Crippen molar-refractivity contribution in [1.29, 1.82) is 0 Å². The van der Waals surface area contributed by atoms with Gasteiger partial charge in [-0.1, -0.05) is 22.5 Å². The van der Waals surface area contributed by atoms with Crippen molar-refractivity contribution in [2.24, 2.45) is 0 Å². The molecular formula is C13H18ClN5S. The van der Waals surface area contributed by atoms with E-state index in [-0.39, 0.29) is 0 Å². The van der Waals surface area contributed by atoms with Crippen molar-refractivity contribution in [3.05, 3.63) is 28.0 Å². The summed E-state index contributed by atoms with van der Waals surface area (Å²) in [6, 6.07) is 0.501. The van der Waals surface area contributed by atoms with E-state index >= 15 is 0 Å². The van der Waals surface area contributed by atoms with Crippen molar-refractivity contribution in [3.63, 3.8) is 0 Å². The Kier molecular flexibility index (Phi) is 4.33. The summed E-state index contributed by atoms with van der Waals surface area (Å²) in [7, 11) is 0. The van der Waals surface area contributed by atoms with Crippen LogP contribution in [0.5, 0.6) is 0 Å². The summed E-state index contributed by atoms with van der Waals surface area (Å²) in [5, 5.41) is 8.52. The van der Waals surface area contributed by atoms with Gasteiger partial charge in [0.2, 0.25) is 0 Å². The predicted molar refractivity (Wildman–Crippen MR) is 79.9 cm³/mol. The van der Waals surface area contributed by atoms with Crippen molar-refractivity contribution in [2.45, 2.75) is 45.3 Å². The highest BCUT2D eigenvalue weighted by atomic mass is 35.5. The zero-order valence-corrected chi connectivity index (χ0v) is 13.1. The normalized spacial score (nSPS) is 20.4. The SMILES string of the molecule is Cc1cnn(C[C@H]2CCCCN2Cc2nnsc2Cl)c1. The van der Waals surface area contributed by atoms with Gasteiger partial charge in [0.25, 0.3) is 0 Å². The first-order chi connectivity index (χ1) is 9.72. The maximum Gasteiger partial charge on any atom is 0.138 e. The van der Waals surface area contributed by atoms with Crippen LogP contribution in [0.4, 0.5) is 0 Å². The van der Waals surface area contributed by atoms with Crippen molar-refractivity contribution >= 4 is 23.1 Å². The smallest absolute Gasteiger partial charge is 0.138 e. The molecule has 0 amide bonds. The molecule has 20 heavy (non-hydrogen) atoms. The van der Waals surface area contributed by atoms with Crippen LogP contribution in [0, 0.1) is 6.92 Å². The molecule has 0 saturated carbocycles. The maximum absolute atomic E-state index is 6.12. The molecule has 1 fully saturated rings. The van der Waals surface area contributed by atoms with Gasteiger partial charge in [-0.15, -0.1) is 5.10 Å². The quantitative estimate of drug-likeness (QED) is 0.871. The zero-order chi connectivity index (χ0) is 13.9. The highest BCUT2D eigenvalue weighted by Gasteiger charge is 2.24. The first kappa shape index (κ1) is 14.0. The van der Waals surface area contributed by atoms with E-state index in [2.05, 4.69) is 32.7 Å². The minimum absolute atomic E-state index is 0.501. The third-order valence-corrected chi connectivity index (χ3v) is 4.76. The Morgan fingerprint density at radius 1 is 1.45 bits per heavy atom. The van der Waals surface area contributed by atoms with Gasteiger partial charge in [-0.3, -0.25) is 9.58 Å². The summed E-state index contributed by atoms with van der Waals surface area (Å²) in [5.41, 5.74) is 2.11. The molecular weight excluding hydrogens is 294 g/mol. The Bertz CT molecular complexity index is 567. The second-order valence-corrected chi connectivity index (χ2v) is 6.71. The van der Waals surface area contributed by atoms with E-state index in [0.29, 0.717) is 10.4 Å². The number of hydrogen-bond donors (Lipinski definition) is 0. The standard InChI is InChI=1S/C13H18ClN5S/c1-10-6-15-19(7-10)8-11-4-2-3-5-18(11)9-12-13(14)20-17-16-12/h6-7,11H,2-5,8-9H2,1H3/t11-/m1/s1. The largest absolute Gasteiger partial charge is 0.293 e. The number of aromatic nitrogens is 4. The second kappa shape index (κ2) is 6.20. The van der Waals surface area contributed by atoms with E-state index < -0.39 is 0 Å². The van der Waals surface area contributed by atoms with Crippen LogP contribution in [0.25, 0.3) is 0 Å². The maximum atomic E-state index is 6.12. The Hall–Kier alpha value is -0.980. The molecule has 2 aromatic heterocycles. The number of likely N-dealkylation sites (tertiary alicyclic amines) is 1. The monoisotopic (exact) mass is 311 g/mol. The summed E-state index contributed by atoms with van der Waals surface area (Å²) in [4.78, 5) is 2.46. The highest BCUT2D eigenvalue weighted by molar-refractivity contribution is 7.10. The molecule has 0 spiro atoms. The van der Waals surface area contributed by atoms with Crippen LogP contribution < -0.4 is 0 Å². The summed E-state index contributed by atoms with van der Waals surface area (Å²) < 4.78 is 6.67. The fourth-order valence-corrected chi connectivity index (χ4v) is 3.35. The van der Waals surface area contributed by atoms with Crippen LogP contribution in [-0.4, -0.2) is 36.9 Å². The van der Waals surface area contributed by atoms with Crippen molar-refractivity contribution < 1.29 is 0 Å². The molecule has 7 heteroatoms. The van der Waals surface area contributed by atoms with E-state index in [1.54, 1.807) is 0 Å². The van der Waals surface area contributed by atoms with Crippen LogP contribution in [0.1, 0.15) is 30.5 Å². The van der Waals surface area contributed by atoms with Gasteiger partial charge in [0.1, 0.15) is 10.0 Å². The number of nitrogens with zero attached hydrogens (tertiary/aromatic N) is 5. The number of rotatable bonds is 4. The predicted octanol–water partition coefficient (Wildman–Crippen LogP) is 2.75. The van der Waals surface area contributed by atoms with E-state index in [0.717, 1.165) is 25.3 Å². The lowest BCUT2D eigenvalue weighted by atomic mass is 10.0. The Morgan fingerprint density at radius 3 is 3.05 bits per heavy atom. The first-order valence-corrected chi connectivity index (χ1v) is 8.07. The van der Waals surface area contributed by atoms with E-state index in [1.807, 2.05) is 10.9 Å². The van der Waals surface area contributed by atoms with Gasteiger partial charge in [-0.2, -0.15) is 5.10 Å². The van der Waals surface area contributed by atoms with Crippen molar-refractivity contribution in [2.75, 3.05) is 6.54 Å². The van der Waals surface area contributed by atoms with Gasteiger partial charge in [0.15, 0.2) is 0 Å². The molecule has 0 bridgehead atoms. The summed E-state index contributed by atoms with van der Waals surface area (Å²) in [5.74, 6) is 0. The number of piperidine rings is 1. The molecule has 2 aromatic rings. The topological polar surface area (TPSA) is 46.8 Å². The van der Waals surface area contributed by atoms with E-state index in [1.165, 1.54) is 36.4 Å². The Morgan fingerprint density at radius 2 is 2.35 bits per heavy atom. The van der Waals surface area contributed by atoms with Crippen LogP contribution in [0.15, 0.2) is 12.4 Å². The molecule has 108 valence electrons. The van der Waals surface area contributed by atoms with Gasteiger partial charge in [-0.25, -0.2) is 0 Å². The molecule has 0 N–H and O–H groups in total. The Balaban J connectivity index is 1.69. The van der Waals surface area contributed by atoms with Gasteiger partial charge in [0.05, 0.1) is 12.7 Å². The molecule has 1 aliphatic heterocycles. The summed E-state index contributed by atoms with van der Waals surface area (Å²) in [6.07, 6.45) is 7.74. The van der Waals surface area contributed by atoms with Crippen LogP contribution in [-0.2, 0) is 13.1 Å². The summed E-state index contributed by atoms with van der Waals surface area (Å²) >= 11 is 7.38. The van der Waals surface area contributed by atoms with Crippen LogP contribution >= 0.6 is 23.1 Å². The third-order valence-electron chi connectivity index (χ3n) is 3.77. The van der Waals surface area contributed by atoms with Gasteiger partial charge < -0.3 is 0 Å². The third kappa shape index (κ3) is 3.19. The van der Waals surface area contributed by atoms with Gasteiger partial charge in [0, 0.05) is 30.3 Å². The molecule has 1 saturated heterocycles. The van der Waals surface area contributed by atoms with Gasteiger partial charge >= 0.3 is 0 Å². The van der Waals surface area contributed by atoms with Crippen LogP contribution in [0.2, 0.25) is 4.34 Å². The lowest BCUT2D eigenvalue weighted by Gasteiger charge is -2.35. The second-order valence-electron chi connectivity index (χ2n) is 5.35. The molecule has 1 aliphatic rings. The summed E-state index contributed by atoms with van der Waals surface area (Å²) in [6.45, 7) is 4.89. The number of hydrogen-bond acceptors (Lipinski definition) is 5. The average Bonchev–Trinajstić information content (AvgIpc) is 3.02. The average molecular weight is 312 g/mol. The lowest BCUT2D eigenvalue weighted by molar-refractivity contribution is 0.120. The van der Waals surface area contributed by atoms with Gasteiger partial charge in [-0.05, 0) is 31.9 Å². The minimum atomic E-state index is 0.501. The minimum Gasteiger partial charge on any atom is -0.293 e. The molecule has 0 aliphatic carbocycles. The molecule has 0 unspecified atom stereocenters. The van der Waals surface area contributed by atoms with E-state index in [9.17, 15) is 0 Å². The van der Waals surface area contributed by atoms with Crippen LogP contribution in [0.3, 0.4) is 0 Å².